The third kappa shape index (κ3) is 1.47. The van der Waals surface area contributed by atoms with E-state index in [1.54, 1.807) is 0 Å². The second-order valence-electron chi connectivity index (χ2n) is 2.97. The van der Waals surface area contributed by atoms with Crippen LogP contribution in [0.15, 0.2) is 0 Å². The van der Waals surface area contributed by atoms with E-state index in [4.69, 9.17) is 0 Å². The molecule has 1 aromatic rings. The maximum absolute atomic E-state index is 4.42. The van der Waals surface area contributed by atoms with E-state index in [1.165, 1.54) is 11.4 Å². The first-order valence-electron chi connectivity index (χ1n) is 3.93. The van der Waals surface area contributed by atoms with Gasteiger partial charge in [-0.25, -0.2) is 4.98 Å². The topological polar surface area (TPSA) is 31.9 Å². The monoisotopic (exact) mass is 337 g/mol. The standard InChI is InChI=1S/C8H12N3.Re/c1-6-10-7-5-9-4-3-8(7)11(6)2;/h3-5H2,1-2H3;/q-1;. The molecule has 4 heteroatoms. The van der Waals surface area contributed by atoms with Crippen molar-refractivity contribution in [2.75, 3.05) is 6.54 Å². The SMILES string of the molecule is Cc1nc2c(n1C)CC[N-]C2.[Re]. The van der Waals surface area contributed by atoms with Gasteiger partial charge >= 0.3 is 0 Å². The van der Waals surface area contributed by atoms with Crippen LogP contribution in [0.3, 0.4) is 0 Å². The molecular weight excluding hydrogens is 324 g/mol. The van der Waals surface area contributed by atoms with Crippen molar-refractivity contribution in [2.24, 2.45) is 7.05 Å². The normalized spacial score (nSPS) is 15.2. The Balaban J connectivity index is 0.000000720. The van der Waals surface area contributed by atoms with Crippen LogP contribution < -0.4 is 0 Å². The fourth-order valence-corrected chi connectivity index (χ4v) is 1.53. The van der Waals surface area contributed by atoms with Gasteiger partial charge in [-0.05, 0) is 13.3 Å². The number of aryl methyl sites for hydroxylation is 1. The molecule has 3 nitrogen and oxygen atoms in total. The summed E-state index contributed by atoms with van der Waals surface area (Å²) in [5.74, 6) is 1.10. The predicted octanol–water partition coefficient (Wildman–Crippen LogP) is 1.16. The number of rotatable bonds is 0. The van der Waals surface area contributed by atoms with Crippen molar-refractivity contribution in [1.29, 1.82) is 0 Å². The Bertz CT molecular complexity index is 280. The average Bonchev–Trinajstić information content (AvgIpc) is 2.30. The average molecular weight is 336 g/mol. The van der Waals surface area contributed by atoms with Crippen LogP contribution in [0.5, 0.6) is 0 Å². The van der Waals surface area contributed by atoms with Gasteiger partial charge in [0.1, 0.15) is 5.82 Å². The summed E-state index contributed by atoms with van der Waals surface area (Å²) in [6.07, 6.45) is 1.06. The van der Waals surface area contributed by atoms with Crippen molar-refractivity contribution in [3.05, 3.63) is 22.5 Å². The molecular formula is C8H12N3Re-. The Morgan fingerprint density at radius 3 is 2.92 bits per heavy atom. The van der Waals surface area contributed by atoms with Crippen LogP contribution in [0, 0.1) is 6.92 Å². The minimum absolute atomic E-state index is 0. The molecule has 0 unspecified atom stereocenters. The Labute approximate surface area is 86.2 Å². The number of nitrogens with zero attached hydrogens (tertiary/aromatic N) is 3. The summed E-state index contributed by atoms with van der Waals surface area (Å²) in [5.41, 5.74) is 2.55. The number of hydrogen-bond acceptors (Lipinski definition) is 1. The van der Waals surface area contributed by atoms with Crippen LogP contribution in [0.1, 0.15) is 17.2 Å². The zero-order chi connectivity index (χ0) is 7.84. The van der Waals surface area contributed by atoms with E-state index >= 15 is 0 Å². The van der Waals surface area contributed by atoms with Crippen LogP contribution in [-0.4, -0.2) is 16.1 Å². The predicted molar refractivity (Wildman–Crippen MR) is 43.6 cm³/mol. The molecule has 2 rings (SSSR count). The van der Waals surface area contributed by atoms with Gasteiger partial charge in [0.05, 0.1) is 0 Å². The fourth-order valence-electron chi connectivity index (χ4n) is 1.53. The second-order valence-corrected chi connectivity index (χ2v) is 2.97. The van der Waals surface area contributed by atoms with Gasteiger partial charge in [-0.15, -0.1) is 13.1 Å². The smallest absolute Gasteiger partial charge is 0.105 e. The van der Waals surface area contributed by atoms with Gasteiger partial charge in [-0.2, -0.15) is 0 Å². The van der Waals surface area contributed by atoms with Gasteiger partial charge in [0.25, 0.3) is 0 Å². The van der Waals surface area contributed by atoms with Crippen LogP contribution >= 0.6 is 0 Å². The molecule has 0 saturated carbocycles. The molecule has 0 aromatic carbocycles. The van der Waals surface area contributed by atoms with E-state index in [1.807, 2.05) is 6.92 Å². The van der Waals surface area contributed by atoms with Gasteiger partial charge in [-0.3, -0.25) is 0 Å². The number of imidazole rings is 1. The van der Waals surface area contributed by atoms with Gasteiger partial charge < -0.3 is 9.88 Å². The van der Waals surface area contributed by atoms with Crippen LogP contribution in [0.4, 0.5) is 0 Å². The second kappa shape index (κ2) is 3.70. The molecule has 67 valence electrons. The maximum atomic E-state index is 4.42. The fraction of sp³-hybridized carbons (Fsp3) is 0.625. The summed E-state index contributed by atoms with van der Waals surface area (Å²) in [5, 5.41) is 4.30. The Hall–Kier alpha value is -0.168. The summed E-state index contributed by atoms with van der Waals surface area (Å²) in [7, 11) is 2.08. The minimum atomic E-state index is 0. The third-order valence-electron chi connectivity index (χ3n) is 2.29. The zero-order valence-electron chi connectivity index (χ0n) is 7.34. The first-order chi connectivity index (χ1) is 5.29. The van der Waals surface area contributed by atoms with Crippen LogP contribution in [0.2, 0.25) is 0 Å². The molecule has 1 aromatic heterocycles. The molecule has 0 saturated heterocycles. The van der Waals surface area contributed by atoms with Crippen LogP contribution in [-0.2, 0) is 40.4 Å². The molecule has 0 spiro atoms. The molecule has 2 heterocycles. The van der Waals surface area contributed by atoms with Crippen molar-refractivity contribution in [3.8, 4) is 0 Å². The van der Waals surface area contributed by atoms with E-state index in [-0.39, 0.29) is 20.4 Å². The van der Waals surface area contributed by atoms with E-state index in [0.29, 0.717) is 0 Å². The Morgan fingerprint density at radius 1 is 1.50 bits per heavy atom. The summed E-state index contributed by atoms with van der Waals surface area (Å²) < 4.78 is 2.17. The van der Waals surface area contributed by atoms with Crippen molar-refractivity contribution in [2.45, 2.75) is 19.9 Å². The summed E-state index contributed by atoms with van der Waals surface area (Å²) >= 11 is 0. The molecule has 1 radical (unpaired) electrons. The molecule has 0 fully saturated rings. The van der Waals surface area contributed by atoms with E-state index in [9.17, 15) is 0 Å². The first kappa shape index (κ1) is 9.92. The van der Waals surface area contributed by atoms with Crippen molar-refractivity contribution < 1.29 is 20.4 Å². The van der Waals surface area contributed by atoms with E-state index in [2.05, 4.69) is 21.9 Å². The van der Waals surface area contributed by atoms with Crippen molar-refractivity contribution in [1.82, 2.24) is 9.55 Å². The summed E-state index contributed by atoms with van der Waals surface area (Å²) in [6.45, 7) is 3.82. The van der Waals surface area contributed by atoms with Gasteiger partial charge in [0.15, 0.2) is 0 Å². The van der Waals surface area contributed by atoms with Gasteiger partial charge in [-0.1, -0.05) is 0 Å². The van der Waals surface area contributed by atoms with E-state index in [0.717, 1.165) is 25.3 Å². The molecule has 1 aliphatic rings. The number of fused-ring (bicyclic) bond motifs is 1. The summed E-state index contributed by atoms with van der Waals surface area (Å²) in [4.78, 5) is 4.42. The molecule has 0 bridgehead atoms. The number of aromatic nitrogens is 2. The third-order valence-corrected chi connectivity index (χ3v) is 2.29. The van der Waals surface area contributed by atoms with E-state index < -0.39 is 0 Å². The largest absolute Gasteiger partial charge is 0.657 e. The quantitative estimate of drug-likeness (QED) is 0.700. The molecule has 0 atom stereocenters. The molecule has 0 amide bonds. The number of hydrogen-bond donors (Lipinski definition) is 0. The van der Waals surface area contributed by atoms with Gasteiger partial charge in [0, 0.05) is 38.9 Å². The first-order valence-corrected chi connectivity index (χ1v) is 3.93. The molecule has 1 aliphatic heterocycles. The molecule has 0 N–H and O–H groups in total. The van der Waals surface area contributed by atoms with Crippen LogP contribution in [0.25, 0.3) is 5.32 Å². The van der Waals surface area contributed by atoms with Crippen molar-refractivity contribution >= 4 is 0 Å². The van der Waals surface area contributed by atoms with Gasteiger partial charge in [0.2, 0.25) is 0 Å². The summed E-state index contributed by atoms with van der Waals surface area (Å²) in [6, 6.07) is 0. The van der Waals surface area contributed by atoms with Crippen molar-refractivity contribution in [3.63, 3.8) is 0 Å². The Morgan fingerprint density at radius 2 is 2.25 bits per heavy atom. The maximum Gasteiger partial charge on any atom is 0.105 e. The zero-order valence-corrected chi connectivity index (χ0v) is 10.1. The Kier molecular flexibility index (Phi) is 3.05. The molecule has 0 aliphatic carbocycles. The minimum Gasteiger partial charge on any atom is -0.657 e. The molecule has 12 heavy (non-hydrogen) atoms.